The van der Waals surface area contributed by atoms with E-state index in [9.17, 15) is 4.79 Å². The van der Waals surface area contributed by atoms with Gasteiger partial charge in [-0.05, 0) is 34.4 Å². The maximum atomic E-state index is 12.2. The highest BCUT2D eigenvalue weighted by Gasteiger charge is 2.22. The summed E-state index contributed by atoms with van der Waals surface area (Å²) in [5.74, 6) is -1.02. The normalized spacial score (nSPS) is 11.7. The Bertz CT molecular complexity index is 789. The van der Waals surface area contributed by atoms with Crippen LogP contribution in [0.25, 0.3) is 11.1 Å². The second-order valence-corrected chi connectivity index (χ2v) is 5.18. The standard InChI is InChI=1S/C19H16N2O2/c22-19(21-23)18(15-5-2-1-3-6-15)17-8-4-7-16(13-17)14-9-11-20-12-10-14/h1-13,18,23H,(H,21,22). The van der Waals surface area contributed by atoms with Gasteiger partial charge >= 0.3 is 0 Å². The Morgan fingerprint density at radius 1 is 0.870 bits per heavy atom. The highest BCUT2D eigenvalue weighted by molar-refractivity contribution is 5.86. The molecule has 0 aliphatic heterocycles. The molecule has 1 heterocycles. The number of hydrogen-bond donors (Lipinski definition) is 2. The van der Waals surface area contributed by atoms with Crippen molar-refractivity contribution in [1.82, 2.24) is 10.5 Å². The maximum absolute atomic E-state index is 12.2. The smallest absolute Gasteiger partial charge is 0.255 e. The predicted molar refractivity (Wildman–Crippen MR) is 87.9 cm³/mol. The van der Waals surface area contributed by atoms with Gasteiger partial charge in [-0.1, -0.05) is 54.6 Å². The van der Waals surface area contributed by atoms with E-state index in [1.165, 1.54) is 0 Å². The van der Waals surface area contributed by atoms with E-state index in [0.29, 0.717) is 0 Å². The largest absolute Gasteiger partial charge is 0.289 e. The van der Waals surface area contributed by atoms with E-state index in [1.807, 2.05) is 66.7 Å². The van der Waals surface area contributed by atoms with Gasteiger partial charge in [-0.25, -0.2) is 5.48 Å². The van der Waals surface area contributed by atoms with Gasteiger partial charge in [-0.3, -0.25) is 15.0 Å². The van der Waals surface area contributed by atoms with Crippen LogP contribution in [0.4, 0.5) is 0 Å². The van der Waals surface area contributed by atoms with Crippen LogP contribution in [0.2, 0.25) is 0 Å². The summed E-state index contributed by atoms with van der Waals surface area (Å²) >= 11 is 0. The van der Waals surface area contributed by atoms with Crippen LogP contribution in [0.5, 0.6) is 0 Å². The predicted octanol–water partition coefficient (Wildman–Crippen LogP) is 3.39. The highest BCUT2D eigenvalue weighted by Crippen LogP contribution is 2.28. The van der Waals surface area contributed by atoms with Crippen molar-refractivity contribution in [2.45, 2.75) is 5.92 Å². The summed E-state index contributed by atoms with van der Waals surface area (Å²) in [4.78, 5) is 16.2. The Morgan fingerprint density at radius 2 is 1.57 bits per heavy atom. The van der Waals surface area contributed by atoms with Crippen molar-refractivity contribution in [2.75, 3.05) is 0 Å². The Balaban J connectivity index is 2.05. The lowest BCUT2D eigenvalue weighted by molar-refractivity contribution is -0.129. The lowest BCUT2D eigenvalue weighted by Gasteiger charge is -2.17. The molecule has 1 atom stereocenters. The topological polar surface area (TPSA) is 62.2 Å². The lowest BCUT2D eigenvalue weighted by atomic mass is 9.89. The molecule has 3 rings (SSSR count). The Labute approximate surface area is 134 Å². The van der Waals surface area contributed by atoms with Crippen molar-refractivity contribution in [2.24, 2.45) is 0 Å². The first-order valence-electron chi connectivity index (χ1n) is 7.29. The maximum Gasteiger partial charge on any atom is 0.255 e. The van der Waals surface area contributed by atoms with E-state index < -0.39 is 11.8 Å². The number of carbonyl (C=O) groups excluding carboxylic acids is 1. The molecule has 23 heavy (non-hydrogen) atoms. The fraction of sp³-hybridized carbons (Fsp3) is 0.0526. The monoisotopic (exact) mass is 304 g/mol. The molecule has 0 saturated heterocycles. The first kappa shape index (κ1) is 14.9. The van der Waals surface area contributed by atoms with Crippen molar-refractivity contribution in [3.63, 3.8) is 0 Å². The summed E-state index contributed by atoms with van der Waals surface area (Å²) in [5, 5.41) is 9.11. The molecule has 0 spiro atoms. The zero-order valence-corrected chi connectivity index (χ0v) is 12.4. The van der Waals surface area contributed by atoms with E-state index in [1.54, 1.807) is 17.9 Å². The van der Waals surface area contributed by atoms with Crippen LogP contribution in [0.15, 0.2) is 79.1 Å². The molecular weight excluding hydrogens is 288 g/mol. The molecule has 0 bridgehead atoms. The molecule has 2 N–H and O–H groups in total. The number of benzene rings is 2. The molecule has 0 saturated carbocycles. The van der Waals surface area contributed by atoms with Gasteiger partial charge in [0.05, 0.1) is 5.92 Å². The third kappa shape index (κ3) is 3.27. The van der Waals surface area contributed by atoms with Gasteiger partial charge in [0.1, 0.15) is 0 Å². The summed E-state index contributed by atoms with van der Waals surface area (Å²) in [6.45, 7) is 0. The summed E-state index contributed by atoms with van der Waals surface area (Å²) in [5.41, 5.74) is 5.44. The Kier molecular flexibility index (Phi) is 4.45. The van der Waals surface area contributed by atoms with Gasteiger partial charge in [0.2, 0.25) is 0 Å². The van der Waals surface area contributed by atoms with Gasteiger partial charge in [0, 0.05) is 12.4 Å². The molecule has 4 nitrogen and oxygen atoms in total. The van der Waals surface area contributed by atoms with Gasteiger partial charge < -0.3 is 0 Å². The van der Waals surface area contributed by atoms with Crippen LogP contribution in [0.1, 0.15) is 17.0 Å². The highest BCUT2D eigenvalue weighted by atomic mass is 16.5. The third-order valence-electron chi connectivity index (χ3n) is 3.74. The summed E-state index contributed by atoms with van der Waals surface area (Å²) in [7, 11) is 0. The first-order chi connectivity index (χ1) is 11.3. The quantitative estimate of drug-likeness (QED) is 0.574. The van der Waals surface area contributed by atoms with E-state index in [-0.39, 0.29) is 0 Å². The SMILES string of the molecule is O=C(NO)C(c1ccccc1)c1cccc(-c2ccncc2)c1. The van der Waals surface area contributed by atoms with Crippen molar-refractivity contribution < 1.29 is 10.0 Å². The molecule has 0 radical (unpaired) electrons. The summed E-state index contributed by atoms with van der Waals surface area (Å²) in [6, 6.07) is 21.0. The van der Waals surface area contributed by atoms with E-state index in [4.69, 9.17) is 5.21 Å². The number of amides is 1. The van der Waals surface area contributed by atoms with Gasteiger partial charge in [-0.15, -0.1) is 0 Å². The minimum absolute atomic E-state index is 0.455. The molecule has 0 aliphatic rings. The van der Waals surface area contributed by atoms with Crippen LogP contribution in [-0.4, -0.2) is 16.1 Å². The molecule has 4 heteroatoms. The van der Waals surface area contributed by atoms with Crippen molar-refractivity contribution >= 4 is 5.91 Å². The Morgan fingerprint density at radius 3 is 2.26 bits per heavy atom. The molecule has 2 aromatic carbocycles. The number of hydroxylamine groups is 1. The summed E-state index contributed by atoms with van der Waals surface area (Å²) < 4.78 is 0. The molecule has 0 aliphatic carbocycles. The van der Waals surface area contributed by atoms with Crippen LogP contribution in [0.3, 0.4) is 0 Å². The summed E-state index contributed by atoms with van der Waals surface area (Å²) in [6.07, 6.45) is 3.47. The minimum Gasteiger partial charge on any atom is -0.289 e. The number of nitrogens with zero attached hydrogens (tertiary/aromatic N) is 1. The zero-order chi connectivity index (χ0) is 16.1. The number of pyridine rings is 1. The Hall–Kier alpha value is -2.98. The second kappa shape index (κ2) is 6.85. The number of carbonyl (C=O) groups is 1. The van der Waals surface area contributed by atoms with Crippen LogP contribution >= 0.6 is 0 Å². The molecule has 1 aromatic heterocycles. The lowest BCUT2D eigenvalue weighted by Crippen LogP contribution is -2.27. The molecular formula is C19H16N2O2. The first-order valence-corrected chi connectivity index (χ1v) is 7.29. The number of nitrogens with one attached hydrogen (secondary N) is 1. The molecule has 114 valence electrons. The van der Waals surface area contributed by atoms with Gasteiger partial charge in [0.25, 0.3) is 5.91 Å². The number of rotatable bonds is 4. The average molecular weight is 304 g/mol. The van der Waals surface area contributed by atoms with E-state index >= 15 is 0 Å². The van der Waals surface area contributed by atoms with Gasteiger partial charge in [-0.2, -0.15) is 0 Å². The number of hydrogen-bond acceptors (Lipinski definition) is 3. The molecule has 0 fully saturated rings. The fourth-order valence-corrected chi connectivity index (χ4v) is 2.65. The molecule has 3 aromatic rings. The zero-order valence-electron chi connectivity index (χ0n) is 12.4. The van der Waals surface area contributed by atoms with Crippen LogP contribution in [0, 0.1) is 0 Å². The van der Waals surface area contributed by atoms with Crippen molar-refractivity contribution in [3.8, 4) is 11.1 Å². The van der Waals surface area contributed by atoms with Crippen LogP contribution in [-0.2, 0) is 4.79 Å². The van der Waals surface area contributed by atoms with Gasteiger partial charge in [0.15, 0.2) is 0 Å². The minimum atomic E-state index is -0.567. The van der Waals surface area contributed by atoms with Crippen LogP contribution < -0.4 is 5.48 Å². The molecule has 1 amide bonds. The van der Waals surface area contributed by atoms with E-state index in [2.05, 4.69) is 4.98 Å². The fourth-order valence-electron chi connectivity index (χ4n) is 2.65. The van der Waals surface area contributed by atoms with Crippen molar-refractivity contribution in [1.29, 1.82) is 0 Å². The average Bonchev–Trinajstić information content (AvgIpc) is 2.64. The third-order valence-corrected chi connectivity index (χ3v) is 3.74. The van der Waals surface area contributed by atoms with Crippen molar-refractivity contribution in [3.05, 3.63) is 90.3 Å². The molecule has 1 unspecified atom stereocenters. The number of aromatic nitrogens is 1. The van der Waals surface area contributed by atoms with E-state index in [0.717, 1.165) is 22.3 Å². The second-order valence-electron chi connectivity index (χ2n) is 5.18.